The fourth-order valence-electron chi connectivity index (χ4n) is 7.28. The van der Waals surface area contributed by atoms with Gasteiger partial charge in [-0.2, -0.15) is 0 Å². The number of carbonyl (C=O) groups excluding carboxylic acids is 3. The van der Waals surface area contributed by atoms with E-state index in [4.69, 9.17) is 0 Å². The van der Waals surface area contributed by atoms with Crippen molar-refractivity contribution in [2.45, 2.75) is 57.5 Å². The average Bonchev–Trinajstić information content (AvgIpc) is 3.38. The van der Waals surface area contributed by atoms with Crippen LogP contribution in [-0.4, -0.2) is 28.7 Å². The Balaban J connectivity index is 1.34. The lowest BCUT2D eigenvalue weighted by atomic mass is 9.49. The molecule has 2 heterocycles. The molecule has 4 bridgehead atoms. The van der Waals surface area contributed by atoms with Crippen LogP contribution in [0.15, 0.2) is 47.8 Å². The zero-order valence-corrected chi connectivity index (χ0v) is 18.9. The maximum absolute atomic E-state index is 14.3. The van der Waals surface area contributed by atoms with E-state index in [1.54, 1.807) is 28.4 Å². The molecule has 3 amide bonds. The molecule has 1 aromatic carbocycles. The van der Waals surface area contributed by atoms with Crippen LogP contribution in [0, 0.1) is 23.2 Å². The average molecular weight is 449 g/mol. The summed E-state index contributed by atoms with van der Waals surface area (Å²) in [6.07, 6.45) is 6.72. The van der Waals surface area contributed by atoms with Gasteiger partial charge in [0.25, 0.3) is 5.91 Å². The molecule has 0 spiro atoms. The summed E-state index contributed by atoms with van der Waals surface area (Å²) in [7, 11) is 0. The van der Waals surface area contributed by atoms with E-state index in [1.807, 2.05) is 35.7 Å². The molecule has 1 unspecified atom stereocenters. The minimum Gasteiger partial charge on any atom is -0.324 e. The van der Waals surface area contributed by atoms with E-state index in [0.717, 1.165) is 24.1 Å². The lowest BCUT2D eigenvalue weighted by molar-refractivity contribution is -0.162. The minimum atomic E-state index is -0.717. The van der Waals surface area contributed by atoms with E-state index >= 15 is 0 Å². The molecular weight excluding hydrogens is 420 g/mol. The van der Waals surface area contributed by atoms with Crippen molar-refractivity contribution in [3.8, 4) is 0 Å². The van der Waals surface area contributed by atoms with Crippen LogP contribution in [0.2, 0.25) is 0 Å². The SMILES string of the molecule is O=C1CC(N(Cc2cccs2)C(=O)C23CC4CC(CC(C4)C2)C3)C(=O)N1c1ccccc1. The van der Waals surface area contributed by atoms with Crippen LogP contribution < -0.4 is 4.90 Å². The van der Waals surface area contributed by atoms with Crippen LogP contribution >= 0.6 is 11.3 Å². The number of anilines is 1. The van der Waals surface area contributed by atoms with Crippen molar-refractivity contribution in [1.29, 1.82) is 0 Å². The summed E-state index contributed by atoms with van der Waals surface area (Å²) in [5.74, 6) is 1.57. The van der Waals surface area contributed by atoms with Crippen molar-refractivity contribution in [3.05, 3.63) is 52.7 Å². The van der Waals surface area contributed by atoms with Crippen LogP contribution in [0.3, 0.4) is 0 Å². The van der Waals surface area contributed by atoms with Gasteiger partial charge >= 0.3 is 0 Å². The first kappa shape index (κ1) is 20.2. The standard InChI is InChI=1S/C26H28N2O3S/c29-23-12-22(24(30)28(23)20-5-2-1-3-6-20)27(16-21-7-4-8-32-21)25(31)26-13-17-9-18(14-26)11-19(10-17)15-26/h1-8,17-19,22H,9-16H2. The van der Waals surface area contributed by atoms with E-state index in [9.17, 15) is 14.4 Å². The van der Waals surface area contributed by atoms with Crippen molar-refractivity contribution in [2.24, 2.45) is 23.2 Å². The second kappa shape index (κ2) is 7.55. The zero-order valence-electron chi connectivity index (χ0n) is 18.1. The second-order valence-electron chi connectivity index (χ2n) is 10.3. The number of imide groups is 1. The van der Waals surface area contributed by atoms with Gasteiger partial charge < -0.3 is 4.90 Å². The lowest BCUT2D eigenvalue weighted by Crippen LogP contribution is -2.57. The molecule has 1 saturated heterocycles. The molecule has 4 saturated carbocycles. The van der Waals surface area contributed by atoms with Crippen LogP contribution in [0.25, 0.3) is 0 Å². The van der Waals surface area contributed by atoms with Gasteiger partial charge in [0.05, 0.1) is 24.1 Å². The summed E-state index contributed by atoms with van der Waals surface area (Å²) < 4.78 is 0. The summed E-state index contributed by atoms with van der Waals surface area (Å²) in [6.45, 7) is 0.407. The highest BCUT2D eigenvalue weighted by atomic mass is 32.1. The fourth-order valence-corrected chi connectivity index (χ4v) is 7.98. The second-order valence-corrected chi connectivity index (χ2v) is 11.4. The van der Waals surface area contributed by atoms with Crippen LogP contribution in [0.1, 0.15) is 49.8 Å². The Morgan fingerprint density at radius 1 is 0.969 bits per heavy atom. The van der Waals surface area contributed by atoms with E-state index in [1.165, 1.54) is 24.2 Å². The summed E-state index contributed by atoms with van der Waals surface area (Å²) >= 11 is 1.60. The first-order chi connectivity index (χ1) is 15.5. The van der Waals surface area contributed by atoms with E-state index in [0.29, 0.717) is 30.0 Å². The number of rotatable bonds is 5. The highest BCUT2D eigenvalue weighted by Gasteiger charge is 2.57. The third-order valence-corrected chi connectivity index (χ3v) is 9.03. The Morgan fingerprint density at radius 2 is 1.62 bits per heavy atom. The number of nitrogens with zero attached hydrogens (tertiary/aromatic N) is 2. The number of thiophene rings is 1. The first-order valence-electron chi connectivity index (χ1n) is 11.8. The minimum absolute atomic E-state index is 0.0667. The van der Waals surface area contributed by atoms with Crippen molar-refractivity contribution in [3.63, 3.8) is 0 Å². The molecule has 4 aliphatic carbocycles. The number of hydrogen-bond donors (Lipinski definition) is 0. The van der Waals surface area contributed by atoms with Gasteiger partial charge in [-0.25, -0.2) is 4.90 Å². The van der Waals surface area contributed by atoms with Crippen molar-refractivity contribution in [1.82, 2.24) is 4.90 Å². The molecule has 1 aromatic heterocycles. The maximum Gasteiger partial charge on any atom is 0.257 e. The molecule has 5 fully saturated rings. The van der Waals surface area contributed by atoms with Gasteiger partial charge in [0.15, 0.2) is 0 Å². The molecule has 2 aromatic rings. The molecule has 32 heavy (non-hydrogen) atoms. The molecule has 7 rings (SSSR count). The number of amides is 3. The molecule has 5 aliphatic rings. The van der Waals surface area contributed by atoms with Gasteiger partial charge in [-0.1, -0.05) is 24.3 Å². The van der Waals surface area contributed by atoms with Crippen molar-refractivity contribution < 1.29 is 14.4 Å². The van der Waals surface area contributed by atoms with Crippen molar-refractivity contribution in [2.75, 3.05) is 4.90 Å². The zero-order chi connectivity index (χ0) is 21.9. The lowest BCUT2D eigenvalue weighted by Gasteiger charge is -2.56. The number of carbonyl (C=O) groups is 3. The van der Waals surface area contributed by atoms with E-state index < -0.39 is 6.04 Å². The Labute approximate surface area is 192 Å². The van der Waals surface area contributed by atoms with Gasteiger partial charge in [-0.15, -0.1) is 11.3 Å². The summed E-state index contributed by atoms with van der Waals surface area (Å²) in [6, 6.07) is 12.4. The third kappa shape index (κ3) is 3.22. The fraction of sp³-hybridized carbons (Fsp3) is 0.500. The molecule has 1 atom stereocenters. The predicted octanol–water partition coefficient (Wildman–Crippen LogP) is 4.63. The van der Waals surface area contributed by atoms with E-state index in [-0.39, 0.29) is 29.6 Å². The van der Waals surface area contributed by atoms with Crippen molar-refractivity contribution >= 4 is 34.7 Å². The molecule has 0 radical (unpaired) electrons. The topological polar surface area (TPSA) is 57.7 Å². The highest BCUT2D eigenvalue weighted by molar-refractivity contribution is 7.09. The highest BCUT2D eigenvalue weighted by Crippen LogP contribution is 2.60. The largest absolute Gasteiger partial charge is 0.324 e. The Hall–Kier alpha value is -2.47. The smallest absolute Gasteiger partial charge is 0.257 e. The molecular formula is C26H28N2O3S. The third-order valence-electron chi connectivity index (χ3n) is 8.17. The summed E-state index contributed by atoms with van der Waals surface area (Å²) in [5, 5.41) is 2.00. The molecule has 5 nitrogen and oxygen atoms in total. The number of benzene rings is 1. The number of hydrogen-bond acceptors (Lipinski definition) is 4. The van der Waals surface area contributed by atoms with E-state index in [2.05, 4.69) is 0 Å². The summed E-state index contributed by atoms with van der Waals surface area (Å²) in [4.78, 5) is 44.8. The van der Waals surface area contributed by atoms with Crippen LogP contribution in [0.5, 0.6) is 0 Å². The predicted molar refractivity (Wildman–Crippen MR) is 123 cm³/mol. The van der Waals surface area contributed by atoms with Gasteiger partial charge in [0.2, 0.25) is 11.8 Å². The molecule has 1 aliphatic heterocycles. The maximum atomic E-state index is 14.3. The Kier molecular flexibility index (Phi) is 4.75. The van der Waals surface area contributed by atoms with Gasteiger partial charge in [-0.3, -0.25) is 14.4 Å². The van der Waals surface area contributed by atoms with Crippen LogP contribution in [0.4, 0.5) is 5.69 Å². The Bertz CT molecular complexity index is 1010. The summed E-state index contributed by atoms with van der Waals surface area (Å²) in [5.41, 5.74) is 0.249. The van der Waals surface area contributed by atoms with Gasteiger partial charge in [0, 0.05) is 4.88 Å². The monoisotopic (exact) mass is 448 g/mol. The first-order valence-corrected chi connectivity index (χ1v) is 12.7. The van der Waals surface area contributed by atoms with Gasteiger partial charge in [0.1, 0.15) is 6.04 Å². The number of para-hydroxylation sites is 1. The molecule has 0 N–H and O–H groups in total. The molecule has 6 heteroatoms. The molecule has 166 valence electrons. The van der Waals surface area contributed by atoms with Gasteiger partial charge in [-0.05, 0) is 79.9 Å². The Morgan fingerprint density at radius 3 is 2.22 bits per heavy atom. The normalized spacial score (nSPS) is 33.2. The van der Waals surface area contributed by atoms with Crippen LogP contribution in [-0.2, 0) is 20.9 Å². The quantitative estimate of drug-likeness (QED) is 0.627.